The minimum Gasteiger partial charge on any atom is -0.334 e. The van der Waals surface area contributed by atoms with Crippen LogP contribution in [0.1, 0.15) is 60.5 Å². The van der Waals surface area contributed by atoms with Crippen molar-refractivity contribution in [2.24, 2.45) is 0 Å². The molecular weight excluding hydrogens is 398 g/mol. The second kappa shape index (κ2) is 8.00. The van der Waals surface area contributed by atoms with E-state index in [2.05, 4.69) is 27.5 Å². The molecule has 0 unspecified atom stereocenters. The quantitative estimate of drug-likeness (QED) is 0.697. The van der Waals surface area contributed by atoms with Crippen molar-refractivity contribution >= 4 is 22.9 Å². The highest BCUT2D eigenvalue weighted by Gasteiger charge is 2.29. The number of nitrogens with one attached hydrogen (secondary N) is 1. The van der Waals surface area contributed by atoms with Crippen molar-refractivity contribution in [1.29, 1.82) is 0 Å². The highest BCUT2D eigenvalue weighted by Crippen LogP contribution is 2.31. The summed E-state index contributed by atoms with van der Waals surface area (Å²) in [7, 11) is 0. The van der Waals surface area contributed by atoms with E-state index in [-0.39, 0.29) is 17.5 Å². The summed E-state index contributed by atoms with van der Waals surface area (Å²) in [5.41, 5.74) is 3.27. The number of aromatic amines is 1. The second-order valence-electron chi connectivity index (χ2n) is 8.24. The standard InChI is InChI=1S/C22H27N5O2S/c1-2-21(28)26-9-4-3-7-19(26)18-12-20-23-17-8-10-25(13-15-6-5-11-30-15)14-16(17)22(29)27(20)24-18/h5-6,11-12,19,24H,2-4,7-10,13-14H2,1H3/t19-/m1/s1. The van der Waals surface area contributed by atoms with Crippen LogP contribution in [0.4, 0.5) is 0 Å². The fourth-order valence-corrected chi connectivity index (χ4v) is 5.49. The zero-order valence-corrected chi connectivity index (χ0v) is 18.1. The first kappa shape index (κ1) is 19.5. The lowest BCUT2D eigenvalue weighted by molar-refractivity contribution is -0.134. The largest absolute Gasteiger partial charge is 0.334 e. The number of thiophene rings is 1. The number of aromatic nitrogens is 3. The maximum Gasteiger partial charge on any atom is 0.277 e. The van der Waals surface area contributed by atoms with Gasteiger partial charge in [-0.05, 0) is 30.7 Å². The molecular formula is C22H27N5O2S. The number of amides is 1. The molecule has 7 nitrogen and oxygen atoms in total. The van der Waals surface area contributed by atoms with E-state index in [9.17, 15) is 9.59 Å². The highest BCUT2D eigenvalue weighted by molar-refractivity contribution is 7.09. The molecule has 2 aliphatic heterocycles. The third-order valence-electron chi connectivity index (χ3n) is 6.30. The maximum atomic E-state index is 13.3. The van der Waals surface area contributed by atoms with Crippen LogP contribution in [0.3, 0.4) is 0 Å². The van der Waals surface area contributed by atoms with Gasteiger partial charge in [0.05, 0.1) is 23.0 Å². The van der Waals surface area contributed by atoms with Gasteiger partial charge in [-0.3, -0.25) is 19.6 Å². The zero-order chi connectivity index (χ0) is 20.7. The van der Waals surface area contributed by atoms with Gasteiger partial charge < -0.3 is 4.90 Å². The molecule has 0 spiro atoms. The Balaban J connectivity index is 1.46. The first-order chi connectivity index (χ1) is 14.6. The second-order valence-corrected chi connectivity index (χ2v) is 9.27. The molecule has 5 heterocycles. The predicted octanol–water partition coefficient (Wildman–Crippen LogP) is 3.11. The van der Waals surface area contributed by atoms with Crippen molar-refractivity contribution in [1.82, 2.24) is 24.4 Å². The van der Waals surface area contributed by atoms with E-state index < -0.39 is 0 Å². The van der Waals surface area contributed by atoms with Gasteiger partial charge in [0, 0.05) is 50.0 Å². The fraction of sp³-hybridized carbons (Fsp3) is 0.500. The minimum absolute atomic E-state index is 0.000319. The number of hydrogen-bond acceptors (Lipinski definition) is 5. The summed E-state index contributed by atoms with van der Waals surface area (Å²) in [5.74, 6) is 0.169. The number of rotatable bonds is 4. The van der Waals surface area contributed by atoms with E-state index in [1.165, 1.54) is 4.88 Å². The first-order valence-corrected chi connectivity index (χ1v) is 11.7. The molecule has 0 saturated carbocycles. The number of fused-ring (bicyclic) bond motifs is 2. The fourth-order valence-electron chi connectivity index (χ4n) is 4.74. The molecule has 1 saturated heterocycles. The topological polar surface area (TPSA) is 73.7 Å². The first-order valence-electron chi connectivity index (χ1n) is 10.8. The average Bonchev–Trinajstić information content (AvgIpc) is 3.44. The average molecular weight is 426 g/mol. The number of likely N-dealkylation sites (tertiary alicyclic amines) is 1. The Morgan fingerprint density at radius 2 is 2.23 bits per heavy atom. The Morgan fingerprint density at radius 1 is 1.33 bits per heavy atom. The predicted molar refractivity (Wildman–Crippen MR) is 117 cm³/mol. The normalized spacial score (nSPS) is 19.9. The number of piperidine rings is 1. The van der Waals surface area contributed by atoms with Crippen molar-refractivity contribution in [3.05, 3.63) is 55.8 Å². The van der Waals surface area contributed by atoms with Crippen molar-refractivity contribution in [3.63, 3.8) is 0 Å². The molecule has 30 heavy (non-hydrogen) atoms. The van der Waals surface area contributed by atoms with E-state index in [4.69, 9.17) is 4.98 Å². The van der Waals surface area contributed by atoms with Crippen LogP contribution >= 0.6 is 11.3 Å². The molecule has 0 radical (unpaired) electrons. The van der Waals surface area contributed by atoms with Gasteiger partial charge in [0.15, 0.2) is 5.65 Å². The third kappa shape index (κ3) is 3.48. The Bertz CT molecular complexity index is 1120. The van der Waals surface area contributed by atoms with Crippen LogP contribution in [0.25, 0.3) is 5.65 Å². The van der Waals surface area contributed by atoms with Gasteiger partial charge in [0.2, 0.25) is 5.91 Å². The molecule has 0 aromatic carbocycles. The maximum absolute atomic E-state index is 13.3. The van der Waals surface area contributed by atoms with Crippen LogP contribution in [0.2, 0.25) is 0 Å². The molecule has 5 rings (SSSR count). The lowest BCUT2D eigenvalue weighted by Gasteiger charge is -2.35. The van der Waals surface area contributed by atoms with Crippen LogP contribution in [0.15, 0.2) is 28.4 Å². The van der Waals surface area contributed by atoms with E-state index in [1.807, 2.05) is 17.9 Å². The highest BCUT2D eigenvalue weighted by atomic mass is 32.1. The van der Waals surface area contributed by atoms with Gasteiger partial charge in [0.25, 0.3) is 5.56 Å². The van der Waals surface area contributed by atoms with Crippen molar-refractivity contribution in [2.75, 3.05) is 13.1 Å². The van der Waals surface area contributed by atoms with Gasteiger partial charge in [-0.15, -0.1) is 11.3 Å². The molecule has 1 N–H and O–H groups in total. The van der Waals surface area contributed by atoms with Crippen molar-refractivity contribution in [2.45, 2.75) is 58.2 Å². The Morgan fingerprint density at radius 3 is 3.03 bits per heavy atom. The molecule has 3 aromatic heterocycles. The zero-order valence-electron chi connectivity index (χ0n) is 17.3. The number of carbonyl (C=O) groups is 1. The van der Waals surface area contributed by atoms with Crippen molar-refractivity contribution in [3.8, 4) is 0 Å². The summed E-state index contributed by atoms with van der Waals surface area (Å²) in [6.07, 6.45) is 4.33. The molecule has 2 aliphatic rings. The summed E-state index contributed by atoms with van der Waals surface area (Å²) in [6, 6.07) is 6.17. The van der Waals surface area contributed by atoms with Gasteiger partial charge in [-0.2, -0.15) is 0 Å². The number of carbonyl (C=O) groups excluding carboxylic acids is 1. The Hall–Kier alpha value is -2.45. The molecule has 3 aromatic rings. The van der Waals surface area contributed by atoms with E-state index >= 15 is 0 Å². The van der Waals surface area contributed by atoms with Crippen molar-refractivity contribution < 1.29 is 4.79 Å². The molecule has 0 bridgehead atoms. The monoisotopic (exact) mass is 425 g/mol. The van der Waals surface area contributed by atoms with Crippen LogP contribution in [0.5, 0.6) is 0 Å². The van der Waals surface area contributed by atoms with Crippen LogP contribution in [0, 0.1) is 0 Å². The van der Waals surface area contributed by atoms with Gasteiger partial charge in [0.1, 0.15) is 0 Å². The summed E-state index contributed by atoms with van der Waals surface area (Å²) < 4.78 is 1.58. The molecule has 8 heteroatoms. The molecule has 1 amide bonds. The summed E-state index contributed by atoms with van der Waals surface area (Å²) in [4.78, 5) is 36.1. The van der Waals surface area contributed by atoms with E-state index in [0.29, 0.717) is 18.6 Å². The molecule has 0 aliphatic carbocycles. The Labute approximate surface area is 179 Å². The number of hydrogen-bond donors (Lipinski definition) is 1. The summed E-state index contributed by atoms with van der Waals surface area (Å²) >= 11 is 1.75. The summed E-state index contributed by atoms with van der Waals surface area (Å²) in [5, 5.41) is 5.37. The van der Waals surface area contributed by atoms with Gasteiger partial charge >= 0.3 is 0 Å². The lowest BCUT2D eigenvalue weighted by atomic mass is 9.99. The van der Waals surface area contributed by atoms with Gasteiger partial charge in [-0.25, -0.2) is 9.50 Å². The smallest absolute Gasteiger partial charge is 0.277 e. The van der Waals surface area contributed by atoms with E-state index in [1.54, 1.807) is 15.9 Å². The minimum atomic E-state index is -0.0127. The number of H-pyrrole nitrogens is 1. The van der Waals surface area contributed by atoms with Gasteiger partial charge in [-0.1, -0.05) is 13.0 Å². The number of nitrogens with zero attached hydrogens (tertiary/aromatic N) is 4. The van der Waals surface area contributed by atoms with Crippen LogP contribution in [-0.2, 0) is 24.3 Å². The molecule has 158 valence electrons. The molecule has 1 fully saturated rings. The lowest BCUT2D eigenvalue weighted by Crippen LogP contribution is -2.38. The Kier molecular flexibility index (Phi) is 5.20. The third-order valence-corrected chi connectivity index (χ3v) is 7.17. The molecule has 1 atom stereocenters. The summed E-state index contributed by atoms with van der Waals surface area (Å²) in [6.45, 7) is 5.09. The SMILES string of the molecule is CCC(=O)N1CCCC[C@@H]1c1cc2nc3c(c(=O)n2[nH]1)CN(Cc1cccs1)CC3. The van der Waals surface area contributed by atoms with Crippen LogP contribution < -0.4 is 5.56 Å². The van der Waals surface area contributed by atoms with Crippen LogP contribution in [-0.4, -0.2) is 43.4 Å². The van der Waals surface area contributed by atoms with E-state index in [0.717, 1.165) is 62.3 Å².